The highest BCUT2D eigenvalue weighted by atomic mass is 32.2. The number of aromatic nitrogens is 2. The molecular formula is C43H66F2N6O9S. The van der Waals surface area contributed by atoms with Gasteiger partial charge in [0.05, 0.1) is 35.4 Å². The predicted molar refractivity (Wildman–Crippen MR) is 229 cm³/mol. The molecule has 2 aromatic rings. The van der Waals surface area contributed by atoms with Crippen LogP contribution in [0.2, 0.25) is 0 Å². The summed E-state index contributed by atoms with van der Waals surface area (Å²) in [5.41, 5.74) is -0.532. The predicted octanol–water partition coefficient (Wildman–Crippen LogP) is 6.34. The number of methoxy groups -OCH3 is 1. The molecule has 3 N–H and O–H groups in total. The number of ether oxygens (including phenoxy) is 3. The van der Waals surface area contributed by atoms with Crippen molar-refractivity contribution in [1.82, 2.24) is 30.2 Å². The molecular weight excluding hydrogens is 815 g/mol. The lowest BCUT2D eigenvalue weighted by molar-refractivity contribution is -0.140. The molecule has 3 heterocycles. The summed E-state index contributed by atoms with van der Waals surface area (Å²) in [5.74, 6) is -3.70. The standard InChI is InChI=1S/C39H50F2N6O9S.C4H10.3H2/c1-4-24-30-21-47(32(24)34(49)45-39(19-25(39)33(40)41)36(50)46-57(52,53)38(2)16-17-38)31(48)20-42-37(51)56-29-13-9-8-11-22(29)10-6-5-7-12-27-35(55-30)44-28-18-23(54-3)14-15-26(28)43-27;1-4(2)3;;;/h8,11,14-15,18,22,24-25,29-30,32-33H,4-7,9-10,12-13,16-17,19-21H2,1-3H3,(H,42,51)(H,45,49)(H,46,50);4H,1-3H3;3*1H/t22-,24-,25+,29-,30+,32+,39-;;;;/m1..../s1. The summed E-state index contributed by atoms with van der Waals surface area (Å²) in [4.78, 5) is 66.0. The van der Waals surface area contributed by atoms with Gasteiger partial charge in [-0.2, -0.15) is 0 Å². The van der Waals surface area contributed by atoms with E-state index in [2.05, 4.69) is 43.6 Å². The minimum Gasteiger partial charge on any atom is -0.497 e. The first-order valence-corrected chi connectivity index (χ1v) is 23.0. The van der Waals surface area contributed by atoms with E-state index in [9.17, 15) is 36.4 Å². The topological polar surface area (TPSA) is 195 Å². The third kappa shape index (κ3) is 10.4. The Balaban J connectivity index is 0.00000149. The van der Waals surface area contributed by atoms with Gasteiger partial charge in [0.2, 0.25) is 34.1 Å². The molecule has 0 radical (unpaired) electrons. The summed E-state index contributed by atoms with van der Waals surface area (Å²) >= 11 is 0. The molecule has 61 heavy (non-hydrogen) atoms. The van der Waals surface area contributed by atoms with Crippen molar-refractivity contribution in [2.24, 2.45) is 23.7 Å². The lowest BCUT2D eigenvalue weighted by Crippen LogP contribution is -2.59. The zero-order chi connectivity index (χ0) is 44.3. The van der Waals surface area contributed by atoms with Crippen LogP contribution in [-0.2, 0) is 35.6 Å². The summed E-state index contributed by atoms with van der Waals surface area (Å²) < 4.78 is 73.0. The van der Waals surface area contributed by atoms with Crippen LogP contribution in [0.4, 0.5) is 13.6 Å². The van der Waals surface area contributed by atoms with E-state index in [-0.39, 0.29) is 35.1 Å². The maximum Gasteiger partial charge on any atom is 0.407 e. The fraction of sp³-hybridized carbons (Fsp3) is 0.674. The van der Waals surface area contributed by atoms with Crippen molar-refractivity contribution in [2.75, 3.05) is 20.2 Å². The monoisotopic (exact) mass is 880 g/mol. The summed E-state index contributed by atoms with van der Waals surface area (Å²) in [6.45, 7) is 9.01. The molecule has 0 unspecified atom stereocenters. The number of amides is 4. The van der Waals surface area contributed by atoms with E-state index < -0.39 is 87.5 Å². The Morgan fingerprint density at radius 1 is 1.07 bits per heavy atom. The highest BCUT2D eigenvalue weighted by Crippen LogP contribution is 2.49. The van der Waals surface area contributed by atoms with Gasteiger partial charge in [-0.3, -0.25) is 19.1 Å². The van der Waals surface area contributed by atoms with Gasteiger partial charge in [-0.25, -0.2) is 32.0 Å². The van der Waals surface area contributed by atoms with Gasteiger partial charge < -0.3 is 29.7 Å². The minimum absolute atomic E-state index is 0. The number of nitrogens with zero attached hydrogens (tertiary/aromatic N) is 3. The zero-order valence-corrected chi connectivity index (χ0v) is 36.7. The van der Waals surface area contributed by atoms with Crippen LogP contribution in [0.15, 0.2) is 30.4 Å². The van der Waals surface area contributed by atoms with E-state index in [1.165, 1.54) is 18.9 Å². The second-order valence-electron chi connectivity index (χ2n) is 17.8. The summed E-state index contributed by atoms with van der Waals surface area (Å²) in [7, 11) is -2.70. The Morgan fingerprint density at radius 2 is 1.80 bits per heavy atom. The third-order valence-corrected chi connectivity index (χ3v) is 14.5. The van der Waals surface area contributed by atoms with Crippen molar-refractivity contribution < 1.29 is 54.9 Å². The van der Waals surface area contributed by atoms with Gasteiger partial charge in [0.1, 0.15) is 41.8 Å². The molecule has 7 rings (SSSR count). The minimum atomic E-state index is -4.23. The quantitative estimate of drug-likeness (QED) is 0.251. The average Bonchev–Trinajstić information content (AvgIpc) is 4.11. The smallest absolute Gasteiger partial charge is 0.407 e. The molecule has 5 aliphatic rings. The molecule has 0 spiro atoms. The normalized spacial score (nSPS) is 28.7. The number of rotatable bonds is 8. The first kappa shape index (κ1) is 45.9. The van der Waals surface area contributed by atoms with E-state index in [0.717, 1.165) is 38.0 Å². The first-order valence-electron chi connectivity index (χ1n) is 21.5. The molecule has 2 bridgehead atoms. The number of allylic oxidation sites excluding steroid dienone is 1. The number of halogens is 2. The second-order valence-corrected chi connectivity index (χ2v) is 20.0. The Morgan fingerprint density at radius 3 is 2.46 bits per heavy atom. The number of sulfonamides is 1. The molecule has 15 nitrogen and oxygen atoms in total. The van der Waals surface area contributed by atoms with Crippen molar-refractivity contribution in [2.45, 2.75) is 140 Å². The number of alkyl halides is 2. The van der Waals surface area contributed by atoms with Gasteiger partial charge in [-0.05, 0) is 82.8 Å². The molecule has 4 amide bonds. The molecule has 7 atom stereocenters. The highest BCUT2D eigenvalue weighted by molar-refractivity contribution is 7.91. The number of carbonyl (C=O) groups excluding carboxylic acids is 4. The van der Waals surface area contributed by atoms with Crippen LogP contribution in [0.5, 0.6) is 11.6 Å². The number of alkyl carbamates (subject to hydrolysis) is 1. The van der Waals surface area contributed by atoms with Crippen LogP contribution in [0.3, 0.4) is 0 Å². The van der Waals surface area contributed by atoms with Gasteiger partial charge >= 0.3 is 6.09 Å². The van der Waals surface area contributed by atoms with Gasteiger partial charge in [0, 0.05) is 22.2 Å². The van der Waals surface area contributed by atoms with Gasteiger partial charge in [0.25, 0.3) is 5.91 Å². The Hall–Kier alpha value is -4.61. The van der Waals surface area contributed by atoms with Crippen LogP contribution in [-0.4, -0.2) is 102 Å². The summed E-state index contributed by atoms with van der Waals surface area (Å²) in [6, 6.07) is 3.94. The number of hydrogen-bond donors (Lipinski definition) is 3. The lowest BCUT2D eigenvalue weighted by Gasteiger charge is -2.30. The molecule has 1 aromatic carbocycles. The van der Waals surface area contributed by atoms with Gasteiger partial charge in [0.15, 0.2) is 0 Å². The Bertz CT molecular complexity index is 2120. The molecule has 2 aliphatic heterocycles. The lowest BCUT2D eigenvalue weighted by atomic mass is 9.88. The fourth-order valence-electron chi connectivity index (χ4n) is 8.37. The summed E-state index contributed by atoms with van der Waals surface area (Å²) in [5, 5.41) is 5.00. The average molecular weight is 881 g/mol. The van der Waals surface area contributed by atoms with Gasteiger partial charge in [-0.15, -0.1) is 0 Å². The maximum atomic E-state index is 14.4. The van der Waals surface area contributed by atoms with Gasteiger partial charge in [-0.1, -0.05) is 52.7 Å². The van der Waals surface area contributed by atoms with Crippen molar-refractivity contribution in [1.29, 1.82) is 0 Å². The third-order valence-electron chi connectivity index (χ3n) is 12.3. The van der Waals surface area contributed by atoms with Crippen LogP contribution in [0, 0.1) is 23.7 Å². The molecule has 18 heteroatoms. The molecule has 3 fully saturated rings. The SMILES string of the molecule is CC(C)C.CC[C@@H]1[C@@H]2CN(C(=O)CNC(=O)O[C@@H]3CCC=C[C@H]3CCCCCc3nc4ccc(OC)cc4nc3O2)[C@@H]1C(=O)N[C@]1(C(=O)NS(=O)(=O)C2(C)CC2)C[C@H]1C(F)F.[HH].[HH].[HH]. The second kappa shape index (κ2) is 18.8. The number of fused-ring (bicyclic) bond motifs is 5. The number of carbonyl (C=O) groups is 4. The number of nitrogens with one attached hydrogen (secondary N) is 3. The van der Waals surface area contributed by atoms with Crippen molar-refractivity contribution in [3.8, 4) is 11.6 Å². The van der Waals surface area contributed by atoms with E-state index in [0.29, 0.717) is 48.2 Å². The van der Waals surface area contributed by atoms with Crippen molar-refractivity contribution in [3.05, 3.63) is 36.0 Å². The zero-order valence-electron chi connectivity index (χ0n) is 35.9. The Labute approximate surface area is 361 Å². The van der Waals surface area contributed by atoms with E-state index in [1.54, 1.807) is 25.1 Å². The number of hydrogen-bond acceptors (Lipinski definition) is 11. The molecule has 2 saturated carbocycles. The van der Waals surface area contributed by atoms with E-state index in [1.807, 2.05) is 4.72 Å². The van der Waals surface area contributed by atoms with Crippen molar-refractivity contribution >= 4 is 44.9 Å². The largest absolute Gasteiger partial charge is 0.497 e. The van der Waals surface area contributed by atoms with E-state index >= 15 is 0 Å². The molecule has 1 saturated heterocycles. The fourth-order valence-corrected chi connectivity index (χ4v) is 9.68. The van der Waals surface area contributed by atoms with Crippen LogP contribution >= 0.6 is 0 Å². The Kier molecular flexibility index (Phi) is 14.1. The number of benzene rings is 1. The molecule has 1 aromatic heterocycles. The highest BCUT2D eigenvalue weighted by Gasteiger charge is 2.67. The first-order chi connectivity index (χ1) is 28.9. The summed E-state index contributed by atoms with van der Waals surface area (Å²) in [6.07, 6.45) is 4.53. The maximum absolute atomic E-state index is 14.4. The van der Waals surface area contributed by atoms with E-state index in [4.69, 9.17) is 24.2 Å². The van der Waals surface area contributed by atoms with Crippen LogP contribution in [0.1, 0.15) is 109 Å². The number of aryl methyl sites for hydroxylation is 1. The molecule has 342 valence electrons. The van der Waals surface area contributed by atoms with Crippen molar-refractivity contribution in [3.63, 3.8) is 0 Å². The molecule has 3 aliphatic carbocycles. The van der Waals surface area contributed by atoms with Crippen LogP contribution in [0.25, 0.3) is 11.0 Å². The van der Waals surface area contributed by atoms with Crippen LogP contribution < -0.4 is 24.8 Å².